The third-order valence-corrected chi connectivity index (χ3v) is 3.21. The standard InChI is InChI=1S/C14H13ClN2O3/c15-13-2-1-3-14(17(19)20)12(13)9-16-8-10-4-6-11(18)7-5-10/h1-7,16,18H,8-9H2. The van der Waals surface area contributed by atoms with Crippen LogP contribution >= 0.6 is 11.6 Å². The Morgan fingerprint density at radius 1 is 1.15 bits per heavy atom. The molecule has 2 aromatic carbocycles. The number of phenolic OH excluding ortho intramolecular Hbond substituents is 1. The van der Waals surface area contributed by atoms with Gasteiger partial charge in [0.1, 0.15) is 5.75 Å². The highest BCUT2D eigenvalue weighted by atomic mass is 35.5. The fourth-order valence-corrected chi connectivity index (χ4v) is 2.08. The molecule has 0 atom stereocenters. The summed E-state index contributed by atoms with van der Waals surface area (Å²) in [6.07, 6.45) is 0. The fraction of sp³-hybridized carbons (Fsp3) is 0.143. The summed E-state index contributed by atoms with van der Waals surface area (Å²) in [7, 11) is 0. The number of benzene rings is 2. The van der Waals surface area contributed by atoms with Gasteiger partial charge in [-0.05, 0) is 23.8 Å². The molecule has 0 aliphatic heterocycles. The van der Waals surface area contributed by atoms with Crippen LogP contribution in [0.3, 0.4) is 0 Å². The Labute approximate surface area is 121 Å². The second-order valence-electron chi connectivity index (χ2n) is 4.26. The molecule has 2 N–H and O–H groups in total. The number of aromatic hydroxyl groups is 1. The molecule has 0 fully saturated rings. The second kappa shape index (κ2) is 6.36. The summed E-state index contributed by atoms with van der Waals surface area (Å²) in [6, 6.07) is 11.4. The Morgan fingerprint density at radius 3 is 2.50 bits per heavy atom. The quantitative estimate of drug-likeness (QED) is 0.655. The Balaban J connectivity index is 2.04. The zero-order valence-corrected chi connectivity index (χ0v) is 11.3. The number of rotatable bonds is 5. The summed E-state index contributed by atoms with van der Waals surface area (Å²) in [5.41, 5.74) is 1.45. The van der Waals surface area contributed by atoms with E-state index in [9.17, 15) is 15.2 Å². The van der Waals surface area contributed by atoms with Gasteiger partial charge in [-0.3, -0.25) is 10.1 Å². The Hall–Kier alpha value is -2.11. The molecule has 0 saturated carbocycles. The molecule has 0 saturated heterocycles. The van der Waals surface area contributed by atoms with Crippen LogP contribution in [0.15, 0.2) is 42.5 Å². The van der Waals surface area contributed by atoms with Crippen LogP contribution in [0.4, 0.5) is 5.69 Å². The molecule has 0 amide bonds. The minimum absolute atomic E-state index is 0.00991. The first-order chi connectivity index (χ1) is 9.58. The van der Waals surface area contributed by atoms with Gasteiger partial charge in [0, 0.05) is 19.2 Å². The van der Waals surface area contributed by atoms with Crippen molar-refractivity contribution in [3.63, 3.8) is 0 Å². The van der Waals surface area contributed by atoms with Crippen LogP contribution in [0, 0.1) is 10.1 Å². The van der Waals surface area contributed by atoms with Crippen molar-refractivity contribution >= 4 is 17.3 Å². The van der Waals surface area contributed by atoms with Crippen molar-refractivity contribution < 1.29 is 10.0 Å². The molecule has 104 valence electrons. The van der Waals surface area contributed by atoms with Crippen LogP contribution in [0.25, 0.3) is 0 Å². The number of phenols is 1. The maximum atomic E-state index is 10.9. The lowest BCUT2D eigenvalue weighted by Crippen LogP contribution is -2.14. The first-order valence-electron chi connectivity index (χ1n) is 5.98. The van der Waals surface area contributed by atoms with Gasteiger partial charge in [0.25, 0.3) is 5.69 Å². The lowest BCUT2D eigenvalue weighted by Gasteiger charge is -2.07. The van der Waals surface area contributed by atoms with Crippen molar-refractivity contribution in [2.75, 3.05) is 0 Å². The largest absolute Gasteiger partial charge is 0.508 e. The number of halogens is 1. The van der Waals surface area contributed by atoms with E-state index in [1.165, 1.54) is 6.07 Å². The molecule has 0 aliphatic carbocycles. The van der Waals surface area contributed by atoms with E-state index < -0.39 is 4.92 Å². The summed E-state index contributed by atoms with van der Waals surface area (Å²) in [5.74, 6) is 0.204. The molecular formula is C14H13ClN2O3. The van der Waals surface area contributed by atoms with Gasteiger partial charge in [0.2, 0.25) is 0 Å². The zero-order chi connectivity index (χ0) is 14.5. The highest BCUT2D eigenvalue weighted by molar-refractivity contribution is 6.31. The average molecular weight is 293 g/mol. The van der Waals surface area contributed by atoms with Crippen LogP contribution in [-0.4, -0.2) is 10.0 Å². The van der Waals surface area contributed by atoms with Gasteiger partial charge in [-0.25, -0.2) is 0 Å². The third kappa shape index (κ3) is 3.46. The van der Waals surface area contributed by atoms with Gasteiger partial charge in [-0.15, -0.1) is 0 Å². The normalized spacial score (nSPS) is 10.4. The first kappa shape index (κ1) is 14.3. The van der Waals surface area contributed by atoms with E-state index in [1.54, 1.807) is 36.4 Å². The van der Waals surface area contributed by atoms with Gasteiger partial charge >= 0.3 is 0 Å². The minimum atomic E-state index is -0.441. The van der Waals surface area contributed by atoms with E-state index in [0.29, 0.717) is 23.7 Å². The van der Waals surface area contributed by atoms with Crippen LogP contribution in [0.2, 0.25) is 5.02 Å². The molecule has 20 heavy (non-hydrogen) atoms. The zero-order valence-electron chi connectivity index (χ0n) is 10.5. The Kier molecular flexibility index (Phi) is 4.55. The molecular weight excluding hydrogens is 280 g/mol. The van der Waals surface area contributed by atoms with Crippen molar-refractivity contribution in [3.8, 4) is 5.75 Å². The number of nitro groups is 1. The van der Waals surface area contributed by atoms with Crippen molar-refractivity contribution in [1.29, 1.82) is 0 Å². The van der Waals surface area contributed by atoms with Gasteiger partial charge in [-0.2, -0.15) is 0 Å². The molecule has 5 nitrogen and oxygen atoms in total. The maximum absolute atomic E-state index is 10.9. The summed E-state index contributed by atoms with van der Waals surface area (Å²) >= 11 is 6.00. The number of nitrogens with zero attached hydrogens (tertiary/aromatic N) is 1. The number of nitro benzene ring substituents is 1. The second-order valence-corrected chi connectivity index (χ2v) is 4.67. The van der Waals surface area contributed by atoms with Crippen LogP contribution in [0.5, 0.6) is 5.75 Å². The van der Waals surface area contributed by atoms with E-state index in [1.807, 2.05) is 0 Å². The molecule has 0 aliphatic rings. The molecule has 6 heteroatoms. The highest BCUT2D eigenvalue weighted by Gasteiger charge is 2.15. The maximum Gasteiger partial charge on any atom is 0.275 e. The predicted molar refractivity (Wildman–Crippen MR) is 76.8 cm³/mol. The van der Waals surface area contributed by atoms with Gasteiger partial charge in [0.15, 0.2) is 0 Å². The molecule has 2 aromatic rings. The minimum Gasteiger partial charge on any atom is -0.508 e. The van der Waals surface area contributed by atoms with Gasteiger partial charge in [0.05, 0.1) is 15.5 Å². The lowest BCUT2D eigenvalue weighted by molar-refractivity contribution is -0.385. The number of hydrogen-bond acceptors (Lipinski definition) is 4. The van der Waals surface area contributed by atoms with E-state index in [-0.39, 0.29) is 11.4 Å². The molecule has 0 heterocycles. The van der Waals surface area contributed by atoms with Gasteiger partial charge < -0.3 is 10.4 Å². The lowest BCUT2D eigenvalue weighted by atomic mass is 10.1. The third-order valence-electron chi connectivity index (χ3n) is 2.86. The Morgan fingerprint density at radius 2 is 1.85 bits per heavy atom. The van der Waals surface area contributed by atoms with Crippen molar-refractivity contribution in [2.45, 2.75) is 13.1 Å². The van der Waals surface area contributed by atoms with Crippen LogP contribution < -0.4 is 5.32 Å². The van der Waals surface area contributed by atoms with Gasteiger partial charge in [-0.1, -0.05) is 29.8 Å². The van der Waals surface area contributed by atoms with Crippen LogP contribution in [0.1, 0.15) is 11.1 Å². The highest BCUT2D eigenvalue weighted by Crippen LogP contribution is 2.26. The van der Waals surface area contributed by atoms with Crippen molar-refractivity contribution in [1.82, 2.24) is 5.32 Å². The molecule has 0 radical (unpaired) electrons. The molecule has 2 rings (SSSR count). The van der Waals surface area contributed by atoms with Crippen molar-refractivity contribution in [3.05, 3.63) is 68.7 Å². The Bertz CT molecular complexity index is 614. The molecule has 0 spiro atoms. The molecule has 0 bridgehead atoms. The topological polar surface area (TPSA) is 75.4 Å². The fourth-order valence-electron chi connectivity index (χ4n) is 1.84. The number of hydrogen-bond donors (Lipinski definition) is 2. The van der Waals surface area contributed by atoms with E-state index >= 15 is 0 Å². The van der Waals surface area contributed by atoms with E-state index in [2.05, 4.69) is 5.32 Å². The molecule has 0 aromatic heterocycles. The SMILES string of the molecule is O=[N+]([O-])c1cccc(Cl)c1CNCc1ccc(O)cc1. The smallest absolute Gasteiger partial charge is 0.275 e. The summed E-state index contributed by atoms with van der Waals surface area (Å²) in [6.45, 7) is 0.833. The summed E-state index contributed by atoms with van der Waals surface area (Å²) < 4.78 is 0. The summed E-state index contributed by atoms with van der Waals surface area (Å²) in [4.78, 5) is 10.5. The van der Waals surface area contributed by atoms with Crippen LogP contribution in [-0.2, 0) is 13.1 Å². The predicted octanol–water partition coefficient (Wildman–Crippen LogP) is 3.24. The van der Waals surface area contributed by atoms with E-state index in [0.717, 1.165) is 5.56 Å². The summed E-state index contributed by atoms with van der Waals surface area (Å²) in [5, 5.41) is 23.6. The molecule has 0 unspecified atom stereocenters. The average Bonchev–Trinajstić information content (AvgIpc) is 2.42. The monoisotopic (exact) mass is 292 g/mol. The first-order valence-corrected chi connectivity index (χ1v) is 6.36. The number of nitrogens with one attached hydrogen (secondary N) is 1. The van der Waals surface area contributed by atoms with E-state index in [4.69, 9.17) is 11.6 Å². The van der Waals surface area contributed by atoms with Crippen molar-refractivity contribution in [2.24, 2.45) is 0 Å².